The van der Waals surface area contributed by atoms with E-state index in [4.69, 9.17) is 5.73 Å². The van der Waals surface area contributed by atoms with Gasteiger partial charge in [0.25, 0.3) is 0 Å². The van der Waals surface area contributed by atoms with Crippen molar-refractivity contribution in [1.29, 1.82) is 0 Å². The van der Waals surface area contributed by atoms with Gasteiger partial charge < -0.3 is 11.1 Å². The van der Waals surface area contributed by atoms with E-state index in [0.717, 1.165) is 30.5 Å². The van der Waals surface area contributed by atoms with Crippen LogP contribution in [-0.2, 0) is 24.8 Å². The third kappa shape index (κ3) is 2.09. The molecule has 0 aromatic carbocycles. The fourth-order valence-corrected chi connectivity index (χ4v) is 1.74. The van der Waals surface area contributed by atoms with Crippen LogP contribution in [0.5, 0.6) is 0 Å². The van der Waals surface area contributed by atoms with E-state index in [9.17, 15) is 4.79 Å². The Bertz CT molecular complexity index is 406. The van der Waals surface area contributed by atoms with Gasteiger partial charge in [-0.2, -0.15) is 5.10 Å². The van der Waals surface area contributed by atoms with Gasteiger partial charge in [0.1, 0.15) is 0 Å². The van der Waals surface area contributed by atoms with Gasteiger partial charge in [0.05, 0.1) is 11.2 Å². The minimum atomic E-state index is -0.589. The zero-order chi connectivity index (χ0) is 11.8. The summed E-state index contributed by atoms with van der Waals surface area (Å²) in [5.74, 6) is -0.0431. The first-order chi connectivity index (χ1) is 7.55. The maximum absolute atomic E-state index is 11.6. The van der Waals surface area contributed by atoms with Gasteiger partial charge in [-0.25, -0.2) is 0 Å². The van der Waals surface area contributed by atoms with Crippen LogP contribution in [0, 0.1) is 0 Å². The van der Waals surface area contributed by atoms with Crippen molar-refractivity contribution in [3.63, 3.8) is 0 Å². The van der Waals surface area contributed by atoms with Gasteiger partial charge >= 0.3 is 0 Å². The molecule has 0 spiro atoms. The van der Waals surface area contributed by atoms with Crippen LogP contribution in [0.4, 0.5) is 0 Å². The molecule has 0 aliphatic heterocycles. The van der Waals surface area contributed by atoms with Crippen LogP contribution in [0.1, 0.15) is 31.0 Å². The average Bonchev–Trinajstić information content (AvgIpc) is 2.89. The lowest BCUT2D eigenvalue weighted by molar-refractivity contribution is -0.123. The Hall–Kier alpha value is -1.36. The van der Waals surface area contributed by atoms with Gasteiger partial charge in [0.2, 0.25) is 5.91 Å². The number of nitrogens with zero attached hydrogens (tertiary/aromatic N) is 2. The SMILES string of the molecule is CCc1nn(C)cc1CNC(=O)C1(N)CC1. The summed E-state index contributed by atoms with van der Waals surface area (Å²) < 4.78 is 1.77. The van der Waals surface area contributed by atoms with E-state index in [1.54, 1.807) is 4.68 Å². The fourth-order valence-electron chi connectivity index (χ4n) is 1.74. The Balaban J connectivity index is 1.96. The van der Waals surface area contributed by atoms with E-state index in [0.29, 0.717) is 6.54 Å². The van der Waals surface area contributed by atoms with E-state index in [1.165, 1.54) is 0 Å². The molecule has 0 bridgehead atoms. The van der Waals surface area contributed by atoms with Crippen molar-refractivity contribution >= 4 is 5.91 Å². The van der Waals surface area contributed by atoms with Crippen molar-refractivity contribution in [1.82, 2.24) is 15.1 Å². The maximum Gasteiger partial charge on any atom is 0.240 e. The third-order valence-electron chi connectivity index (χ3n) is 3.01. The van der Waals surface area contributed by atoms with Crippen LogP contribution < -0.4 is 11.1 Å². The van der Waals surface area contributed by atoms with Crippen LogP contribution in [-0.4, -0.2) is 21.2 Å². The van der Waals surface area contributed by atoms with E-state index in [2.05, 4.69) is 17.3 Å². The summed E-state index contributed by atoms with van der Waals surface area (Å²) in [5.41, 5.74) is 7.31. The molecule has 1 aliphatic carbocycles. The number of carbonyl (C=O) groups excluding carboxylic acids is 1. The predicted molar refractivity (Wildman–Crippen MR) is 60.6 cm³/mol. The second-order valence-corrected chi connectivity index (χ2v) is 4.47. The minimum Gasteiger partial charge on any atom is -0.350 e. The van der Waals surface area contributed by atoms with Gasteiger partial charge in [-0.1, -0.05) is 6.92 Å². The van der Waals surface area contributed by atoms with Crippen molar-refractivity contribution in [2.75, 3.05) is 0 Å². The molecule has 1 saturated carbocycles. The molecule has 5 nitrogen and oxygen atoms in total. The molecule has 0 unspecified atom stereocenters. The van der Waals surface area contributed by atoms with Gasteiger partial charge in [-0.05, 0) is 19.3 Å². The van der Waals surface area contributed by atoms with E-state index < -0.39 is 5.54 Å². The molecule has 1 aromatic heterocycles. The first-order valence-electron chi connectivity index (χ1n) is 5.64. The summed E-state index contributed by atoms with van der Waals surface area (Å²) in [6.07, 6.45) is 4.41. The molecular weight excluding hydrogens is 204 g/mol. The van der Waals surface area contributed by atoms with Crippen molar-refractivity contribution in [3.05, 3.63) is 17.5 Å². The first-order valence-corrected chi connectivity index (χ1v) is 5.64. The Labute approximate surface area is 95.0 Å². The molecule has 1 aliphatic rings. The van der Waals surface area contributed by atoms with Gasteiger partial charge in [0, 0.05) is 25.4 Å². The monoisotopic (exact) mass is 222 g/mol. The molecular formula is C11H18N4O. The van der Waals surface area contributed by atoms with Gasteiger partial charge in [-0.15, -0.1) is 0 Å². The maximum atomic E-state index is 11.6. The van der Waals surface area contributed by atoms with Crippen molar-refractivity contribution in [3.8, 4) is 0 Å². The number of aromatic nitrogens is 2. The number of amides is 1. The summed E-state index contributed by atoms with van der Waals surface area (Å²) in [4.78, 5) is 11.6. The minimum absolute atomic E-state index is 0.0431. The summed E-state index contributed by atoms with van der Waals surface area (Å²) in [7, 11) is 1.88. The molecule has 0 saturated heterocycles. The van der Waals surface area contributed by atoms with E-state index in [-0.39, 0.29) is 5.91 Å². The summed E-state index contributed by atoms with van der Waals surface area (Å²) in [5, 5.41) is 7.19. The largest absolute Gasteiger partial charge is 0.350 e. The normalized spacial score (nSPS) is 17.2. The Morgan fingerprint density at radius 1 is 1.69 bits per heavy atom. The molecule has 5 heteroatoms. The van der Waals surface area contributed by atoms with E-state index >= 15 is 0 Å². The lowest BCUT2D eigenvalue weighted by Crippen LogP contribution is -2.42. The van der Waals surface area contributed by atoms with Crippen molar-refractivity contribution in [2.45, 2.75) is 38.3 Å². The van der Waals surface area contributed by atoms with Gasteiger partial charge in [-0.3, -0.25) is 9.48 Å². The van der Waals surface area contributed by atoms with Crippen molar-refractivity contribution in [2.24, 2.45) is 12.8 Å². The molecule has 1 amide bonds. The molecule has 1 fully saturated rings. The standard InChI is InChI=1S/C11H18N4O/c1-3-9-8(7-15(2)14-9)6-13-10(16)11(12)4-5-11/h7H,3-6,12H2,1-2H3,(H,13,16). The molecule has 3 N–H and O–H groups in total. The highest BCUT2D eigenvalue weighted by atomic mass is 16.2. The van der Waals surface area contributed by atoms with Gasteiger partial charge in [0.15, 0.2) is 0 Å². The van der Waals surface area contributed by atoms with Crippen LogP contribution in [0.3, 0.4) is 0 Å². The number of hydrogen-bond acceptors (Lipinski definition) is 3. The molecule has 2 rings (SSSR count). The molecule has 16 heavy (non-hydrogen) atoms. The number of aryl methyl sites for hydroxylation is 2. The molecule has 1 aromatic rings. The topological polar surface area (TPSA) is 72.9 Å². The lowest BCUT2D eigenvalue weighted by Gasteiger charge is -2.09. The Kier molecular flexibility index (Phi) is 2.71. The van der Waals surface area contributed by atoms with E-state index in [1.807, 2.05) is 13.2 Å². The molecule has 0 atom stereocenters. The molecule has 0 radical (unpaired) electrons. The van der Waals surface area contributed by atoms with Crippen LogP contribution >= 0.6 is 0 Å². The quantitative estimate of drug-likeness (QED) is 0.758. The number of nitrogens with one attached hydrogen (secondary N) is 1. The summed E-state index contributed by atoms with van der Waals surface area (Å²) in [6, 6.07) is 0. The second-order valence-electron chi connectivity index (χ2n) is 4.47. The summed E-state index contributed by atoms with van der Waals surface area (Å²) in [6.45, 7) is 2.58. The number of carbonyl (C=O) groups is 1. The number of nitrogens with two attached hydrogens (primary N) is 1. The Morgan fingerprint density at radius 2 is 2.38 bits per heavy atom. The number of rotatable bonds is 4. The first kappa shape index (κ1) is 11.1. The lowest BCUT2D eigenvalue weighted by atomic mass is 10.2. The fraction of sp³-hybridized carbons (Fsp3) is 0.636. The zero-order valence-corrected chi connectivity index (χ0v) is 9.79. The second kappa shape index (κ2) is 3.90. The highest BCUT2D eigenvalue weighted by Gasteiger charge is 2.45. The smallest absolute Gasteiger partial charge is 0.240 e. The van der Waals surface area contributed by atoms with Crippen LogP contribution in [0.25, 0.3) is 0 Å². The molecule has 1 heterocycles. The average molecular weight is 222 g/mol. The predicted octanol–water partition coefficient (Wildman–Crippen LogP) is 0.0900. The highest BCUT2D eigenvalue weighted by Crippen LogP contribution is 2.32. The third-order valence-corrected chi connectivity index (χ3v) is 3.01. The molecule has 88 valence electrons. The zero-order valence-electron chi connectivity index (χ0n) is 9.79. The van der Waals surface area contributed by atoms with Crippen LogP contribution in [0.15, 0.2) is 6.20 Å². The van der Waals surface area contributed by atoms with Crippen LogP contribution in [0.2, 0.25) is 0 Å². The Morgan fingerprint density at radius 3 is 2.94 bits per heavy atom. The van der Waals surface area contributed by atoms with Crippen molar-refractivity contribution < 1.29 is 4.79 Å². The highest BCUT2D eigenvalue weighted by molar-refractivity contribution is 5.88. The number of hydrogen-bond donors (Lipinski definition) is 2. The summed E-state index contributed by atoms with van der Waals surface area (Å²) >= 11 is 0.